The van der Waals surface area contributed by atoms with Gasteiger partial charge < -0.3 is 19.5 Å². The van der Waals surface area contributed by atoms with Gasteiger partial charge in [0.2, 0.25) is 0 Å². The Kier molecular flexibility index (Phi) is 4.93. The van der Waals surface area contributed by atoms with Gasteiger partial charge in [0.25, 0.3) is 11.8 Å². The van der Waals surface area contributed by atoms with Gasteiger partial charge in [0.1, 0.15) is 11.5 Å². The first kappa shape index (κ1) is 16.9. The molecule has 2 amide bonds. The second kappa shape index (κ2) is 6.73. The van der Waals surface area contributed by atoms with Crippen LogP contribution in [0.2, 0.25) is 0 Å². The fraction of sp³-hybridized carbons (Fsp3) is 0.412. The zero-order valence-corrected chi connectivity index (χ0v) is 13.9. The fourth-order valence-electron chi connectivity index (χ4n) is 2.13. The minimum atomic E-state index is -0.291. The lowest BCUT2D eigenvalue weighted by molar-refractivity contribution is 0.0918. The Morgan fingerprint density at radius 1 is 0.913 bits per heavy atom. The van der Waals surface area contributed by atoms with E-state index in [2.05, 4.69) is 10.6 Å². The predicted octanol–water partition coefficient (Wildman–Crippen LogP) is 2.68. The number of nitrogens with one attached hydrogen (secondary N) is 2. The lowest BCUT2D eigenvalue weighted by atomic mass is 9.93. The summed E-state index contributed by atoms with van der Waals surface area (Å²) in [6.45, 7) is 8.29. The molecule has 2 aromatic heterocycles. The summed E-state index contributed by atoms with van der Waals surface area (Å²) in [5.74, 6) is 0.816. The van der Waals surface area contributed by atoms with Crippen molar-refractivity contribution in [2.75, 3.05) is 13.1 Å². The maximum Gasteiger partial charge on any atom is 0.254 e. The van der Waals surface area contributed by atoms with Gasteiger partial charge in [0, 0.05) is 13.1 Å². The standard InChI is InChI=1S/C17H22N2O4/c1-11-13(5-7-22-11)15(20)18-9-17(3,4)10-19-16(21)14-6-8-23-12(14)2/h5-8H,9-10H2,1-4H3,(H,18,20)(H,19,21). The molecule has 0 atom stereocenters. The number of hydrogen-bond acceptors (Lipinski definition) is 4. The Morgan fingerprint density at radius 2 is 1.30 bits per heavy atom. The molecule has 0 radical (unpaired) electrons. The molecule has 2 heterocycles. The van der Waals surface area contributed by atoms with Gasteiger partial charge in [0.15, 0.2) is 0 Å². The van der Waals surface area contributed by atoms with Gasteiger partial charge in [-0.05, 0) is 31.4 Å². The van der Waals surface area contributed by atoms with Crippen LogP contribution in [-0.2, 0) is 0 Å². The van der Waals surface area contributed by atoms with Gasteiger partial charge in [-0.25, -0.2) is 0 Å². The highest BCUT2D eigenvalue weighted by atomic mass is 16.3. The summed E-state index contributed by atoms with van der Waals surface area (Å²) in [4.78, 5) is 24.1. The molecule has 0 spiro atoms. The third kappa shape index (κ3) is 4.25. The molecule has 6 heteroatoms. The van der Waals surface area contributed by atoms with Crippen molar-refractivity contribution < 1.29 is 18.4 Å². The average Bonchev–Trinajstić information content (AvgIpc) is 3.11. The van der Waals surface area contributed by atoms with Crippen molar-refractivity contribution in [2.45, 2.75) is 27.7 Å². The summed E-state index contributed by atoms with van der Waals surface area (Å²) in [6, 6.07) is 3.28. The van der Waals surface area contributed by atoms with Crippen LogP contribution in [0.15, 0.2) is 33.5 Å². The summed E-state index contributed by atoms with van der Waals surface area (Å²) in [7, 11) is 0. The van der Waals surface area contributed by atoms with Crippen molar-refractivity contribution in [1.82, 2.24) is 10.6 Å². The van der Waals surface area contributed by atoms with Gasteiger partial charge in [-0.1, -0.05) is 13.8 Å². The van der Waals surface area contributed by atoms with E-state index in [1.54, 1.807) is 26.0 Å². The number of amides is 2. The van der Waals surface area contributed by atoms with E-state index in [9.17, 15) is 9.59 Å². The van der Waals surface area contributed by atoms with Gasteiger partial charge in [-0.3, -0.25) is 9.59 Å². The van der Waals surface area contributed by atoms with Crippen molar-refractivity contribution in [3.8, 4) is 0 Å². The number of rotatable bonds is 6. The Balaban J connectivity index is 1.85. The van der Waals surface area contributed by atoms with Gasteiger partial charge in [-0.15, -0.1) is 0 Å². The zero-order valence-electron chi connectivity index (χ0n) is 13.9. The molecule has 0 saturated heterocycles. The van der Waals surface area contributed by atoms with E-state index in [1.807, 2.05) is 13.8 Å². The second-order valence-electron chi connectivity index (χ2n) is 6.31. The molecule has 0 fully saturated rings. The summed E-state index contributed by atoms with van der Waals surface area (Å²) in [5, 5.41) is 5.73. The van der Waals surface area contributed by atoms with Crippen LogP contribution in [0, 0.1) is 19.3 Å². The molecule has 2 aromatic rings. The highest BCUT2D eigenvalue weighted by molar-refractivity contribution is 5.95. The molecule has 0 aliphatic heterocycles. The SMILES string of the molecule is Cc1occc1C(=O)NCC(C)(C)CNC(=O)c1ccoc1C. The van der Waals surface area contributed by atoms with Crippen molar-refractivity contribution in [3.63, 3.8) is 0 Å². The van der Waals surface area contributed by atoms with Crippen LogP contribution in [0.25, 0.3) is 0 Å². The lowest BCUT2D eigenvalue weighted by Crippen LogP contribution is -2.42. The molecule has 2 N–H and O–H groups in total. The number of furan rings is 2. The monoisotopic (exact) mass is 318 g/mol. The zero-order chi connectivity index (χ0) is 17.0. The lowest BCUT2D eigenvalue weighted by Gasteiger charge is -2.25. The number of aryl methyl sites for hydroxylation is 2. The van der Waals surface area contributed by atoms with Gasteiger partial charge >= 0.3 is 0 Å². The Bertz CT molecular complexity index is 639. The molecule has 2 rings (SSSR count). The van der Waals surface area contributed by atoms with Crippen LogP contribution < -0.4 is 10.6 Å². The summed E-state index contributed by atoms with van der Waals surface area (Å²) in [5.41, 5.74) is 0.762. The minimum Gasteiger partial charge on any atom is -0.469 e. The highest BCUT2D eigenvalue weighted by Gasteiger charge is 2.22. The molecule has 0 aromatic carbocycles. The largest absolute Gasteiger partial charge is 0.469 e. The van der Waals surface area contributed by atoms with E-state index in [4.69, 9.17) is 8.83 Å². The van der Waals surface area contributed by atoms with Crippen molar-refractivity contribution in [3.05, 3.63) is 47.3 Å². The molecule has 0 saturated carbocycles. The Hall–Kier alpha value is -2.50. The van der Waals surface area contributed by atoms with Gasteiger partial charge in [-0.2, -0.15) is 0 Å². The highest BCUT2D eigenvalue weighted by Crippen LogP contribution is 2.15. The maximum atomic E-state index is 12.1. The first-order valence-electron chi connectivity index (χ1n) is 7.45. The second-order valence-corrected chi connectivity index (χ2v) is 6.31. The first-order valence-corrected chi connectivity index (χ1v) is 7.45. The number of carbonyl (C=O) groups is 2. The molecular weight excluding hydrogens is 296 g/mol. The smallest absolute Gasteiger partial charge is 0.254 e. The Labute approximate surface area is 135 Å². The Morgan fingerprint density at radius 3 is 1.61 bits per heavy atom. The molecule has 0 aliphatic rings. The third-order valence-corrected chi connectivity index (χ3v) is 3.66. The predicted molar refractivity (Wildman–Crippen MR) is 85.3 cm³/mol. The van der Waals surface area contributed by atoms with Crippen LogP contribution in [0.1, 0.15) is 46.1 Å². The minimum absolute atomic E-state index is 0.179. The number of hydrogen-bond donors (Lipinski definition) is 2. The van der Waals surface area contributed by atoms with Crippen LogP contribution in [-0.4, -0.2) is 24.9 Å². The van der Waals surface area contributed by atoms with E-state index < -0.39 is 0 Å². The number of carbonyl (C=O) groups excluding carboxylic acids is 2. The maximum absolute atomic E-state index is 12.1. The van der Waals surface area contributed by atoms with Gasteiger partial charge in [0.05, 0.1) is 23.7 Å². The van der Waals surface area contributed by atoms with E-state index in [0.717, 1.165) is 0 Å². The molecule has 6 nitrogen and oxygen atoms in total. The van der Waals surface area contributed by atoms with E-state index >= 15 is 0 Å². The normalized spacial score (nSPS) is 11.3. The topological polar surface area (TPSA) is 84.5 Å². The molecule has 0 aliphatic carbocycles. The first-order chi connectivity index (χ1) is 10.8. The van der Waals surface area contributed by atoms with Crippen LogP contribution in [0.4, 0.5) is 0 Å². The van der Waals surface area contributed by atoms with Crippen molar-refractivity contribution >= 4 is 11.8 Å². The molecule has 124 valence electrons. The van der Waals surface area contributed by atoms with E-state index in [1.165, 1.54) is 12.5 Å². The fourth-order valence-corrected chi connectivity index (χ4v) is 2.13. The third-order valence-electron chi connectivity index (χ3n) is 3.66. The summed E-state index contributed by atoms with van der Waals surface area (Å²) in [6.07, 6.45) is 2.98. The van der Waals surface area contributed by atoms with Crippen molar-refractivity contribution in [1.29, 1.82) is 0 Å². The summed E-state index contributed by atoms with van der Waals surface area (Å²) >= 11 is 0. The van der Waals surface area contributed by atoms with Crippen LogP contribution in [0.5, 0.6) is 0 Å². The molecular formula is C17H22N2O4. The molecule has 0 bridgehead atoms. The van der Waals surface area contributed by atoms with Crippen LogP contribution in [0.3, 0.4) is 0 Å². The van der Waals surface area contributed by atoms with Crippen molar-refractivity contribution in [2.24, 2.45) is 5.41 Å². The average molecular weight is 318 g/mol. The van der Waals surface area contributed by atoms with Crippen LogP contribution >= 0.6 is 0 Å². The summed E-state index contributed by atoms with van der Waals surface area (Å²) < 4.78 is 10.2. The van der Waals surface area contributed by atoms with E-state index in [-0.39, 0.29) is 17.2 Å². The van der Waals surface area contributed by atoms with E-state index in [0.29, 0.717) is 35.7 Å². The molecule has 0 unspecified atom stereocenters. The quantitative estimate of drug-likeness (QED) is 0.857. The molecule has 23 heavy (non-hydrogen) atoms.